The summed E-state index contributed by atoms with van der Waals surface area (Å²) in [6, 6.07) is 5.07. The van der Waals surface area contributed by atoms with Crippen LogP contribution in [0.4, 0.5) is 14.9 Å². The molecule has 1 aromatic carbocycles. The van der Waals surface area contributed by atoms with Crippen molar-refractivity contribution in [1.82, 2.24) is 16.0 Å². The van der Waals surface area contributed by atoms with Crippen LogP contribution >= 0.6 is 0 Å². The summed E-state index contributed by atoms with van der Waals surface area (Å²) in [5.74, 6) is -0.894. The molecular formula is C17H21FN4O3. The molecule has 0 bridgehead atoms. The van der Waals surface area contributed by atoms with Gasteiger partial charge in [0.1, 0.15) is 11.9 Å². The molecule has 2 aliphatic heterocycles. The van der Waals surface area contributed by atoms with Crippen LogP contribution in [-0.2, 0) is 9.59 Å². The molecule has 0 saturated carbocycles. The average molecular weight is 348 g/mol. The van der Waals surface area contributed by atoms with Crippen molar-refractivity contribution >= 4 is 23.5 Å². The summed E-state index contributed by atoms with van der Waals surface area (Å²) in [6.07, 6.45) is 1.96. The normalized spacial score (nSPS) is 22.0. The molecule has 0 radical (unpaired) electrons. The van der Waals surface area contributed by atoms with E-state index in [0.717, 1.165) is 31.6 Å². The van der Waals surface area contributed by atoms with Crippen LogP contribution in [-0.4, -0.2) is 43.0 Å². The number of piperidine rings is 1. The highest BCUT2D eigenvalue weighted by Crippen LogP contribution is 2.20. The van der Waals surface area contributed by atoms with Crippen LogP contribution in [0.25, 0.3) is 0 Å². The molecule has 1 atom stereocenters. The van der Waals surface area contributed by atoms with Crippen LogP contribution in [0.3, 0.4) is 0 Å². The van der Waals surface area contributed by atoms with E-state index in [9.17, 15) is 18.8 Å². The number of hydrogen-bond donors (Lipinski definition) is 3. The van der Waals surface area contributed by atoms with Gasteiger partial charge in [-0.25, -0.2) is 9.18 Å². The van der Waals surface area contributed by atoms with E-state index in [4.69, 9.17) is 0 Å². The highest BCUT2D eigenvalue weighted by atomic mass is 19.1. The fraction of sp³-hybridized carbons (Fsp3) is 0.471. The molecule has 0 aliphatic carbocycles. The maximum Gasteiger partial charge on any atom is 0.322 e. The minimum Gasteiger partial charge on any atom is -0.371 e. The van der Waals surface area contributed by atoms with Crippen molar-refractivity contribution in [2.45, 2.75) is 37.8 Å². The Morgan fingerprint density at radius 1 is 1.12 bits per heavy atom. The van der Waals surface area contributed by atoms with Gasteiger partial charge in [-0.1, -0.05) is 0 Å². The smallest absolute Gasteiger partial charge is 0.322 e. The predicted octanol–water partition coefficient (Wildman–Crippen LogP) is 0.899. The lowest BCUT2D eigenvalue weighted by Gasteiger charge is -2.34. The zero-order valence-electron chi connectivity index (χ0n) is 13.8. The molecule has 0 unspecified atom stereocenters. The Bertz CT molecular complexity index is 656. The lowest BCUT2D eigenvalue weighted by molar-refractivity contribution is -0.124. The van der Waals surface area contributed by atoms with E-state index in [0.29, 0.717) is 0 Å². The average Bonchev–Trinajstić information content (AvgIpc) is 2.77. The first-order chi connectivity index (χ1) is 12.0. The highest BCUT2D eigenvalue weighted by Gasteiger charge is 2.28. The molecule has 3 N–H and O–H groups in total. The van der Waals surface area contributed by atoms with Crippen LogP contribution in [0.1, 0.15) is 25.7 Å². The molecule has 2 heterocycles. The van der Waals surface area contributed by atoms with Gasteiger partial charge < -0.3 is 15.5 Å². The molecule has 4 amide bonds. The molecule has 25 heavy (non-hydrogen) atoms. The maximum atomic E-state index is 13.0. The molecule has 7 nitrogen and oxygen atoms in total. The minimum atomic E-state index is -0.693. The predicted molar refractivity (Wildman–Crippen MR) is 89.5 cm³/mol. The summed E-state index contributed by atoms with van der Waals surface area (Å²) in [5, 5.41) is 7.62. The molecule has 2 saturated heterocycles. The Labute approximate surface area is 144 Å². The third kappa shape index (κ3) is 4.46. The van der Waals surface area contributed by atoms with Crippen LogP contribution in [0, 0.1) is 5.82 Å². The monoisotopic (exact) mass is 348 g/mol. The van der Waals surface area contributed by atoms with Crippen LogP contribution in [0.15, 0.2) is 24.3 Å². The minimum absolute atomic E-state index is 0.0213. The van der Waals surface area contributed by atoms with Gasteiger partial charge in [0.2, 0.25) is 11.8 Å². The van der Waals surface area contributed by atoms with E-state index in [1.165, 1.54) is 12.1 Å². The van der Waals surface area contributed by atoms with E-state index in [1.54, 1.807) is 12.1 Å². The first kappa shape index (κ1) is 17.2. The Kier molecular flexibility index (Phi) is 5.16. The van der Waals surface area contributed by atoms with Gasteiger partial charge in [-0.05, 0) is 43.5 Å². The Morgan fingerprint density at radius 2 is 1.80 bits per heavy atom. The molecule has 8 heteroatoms. The zero-order valence-corrected chi connectivity index (χ0v) is 13.8. The van der Waals surface area contributed by atoms with Gasteiger partial charge in [0.15, 0.2) is 0 Å². The van der Waals surface area contributed by atoms with Crippen LogP contribution in [0.2, 0.25) is 0 Å². The molecule has 134 valence electrons. The van der Waals surface area contributed by atoms with Crippen molar-refractivity contribution in [2.75, 3.05) is 18.0 Å². The van der Waals surface area contributed by atoms with E-state index in [-0.39, 0.29) is 36.5 Å². The summed E-state index contributed by atoms with van der Waals surface area (Å²) >= 11 is 0. The number of halogens is 1. The number of carbonyl (C=O) groups excluding carboxylic acids is 3. The van der Waals surface area contributed by atoms with E-state index >= 15 is 0 Å². The topological polar surface area (TPSA) is 90.5 Å². The Morgan fingerprint density at radius 3 is 2.48 bits per heavy atom. The fourth-order valence-electron chi connectivity index (χ4n) is 3.16. The lowest BCUT2D eigenvalue weighted by atomic mass is 10.0. The van der Waals surface area contributed by atoms with Crippen molar-refractivity contribution < 1.29 is 18.8 Å². The van der Waals surface area contributed by atoms with Crippen molar-refractivity contribution in [3.8, 4) is 0 Å². The van der Waals surface area contributed by atoms with Crippen molar-refractivity contribution in [3.05, 3.63) is 30.1 Å². The number of nitrogens with zero attached hydrogens (tertiary/aromatic N) is 1. The van der Waals surface area contributed by atoms with Gasteiger partial charge >= 0.3 is 6.03 Å². The van der Waals surface area contributed by atoms with Crippen molar-refractivity contribution in [2.24, 2.45) is 0 Å². The van der Waals surface area contributed by atoms with E-state index < -0.39 is 12.1 Å². The van der Waals surface area contributed by atoms with Crippen molar-refractivity contribution in [1.29, 1.82) is 0 Å². The van der Waals surface area contributed by atoms with Gasteiger partial charge in [0, 0.05) is 31.2 Å². The number of imide groups is 1. The quantitative estimate of drug-likeness (QED) is 0.757. The van der Waals surface area contributed by atoms with Crippen LogP contribution in [0.5, 0.6) is 0 Å². The summed E-state index contributed by atoms with van der Waals surface area (Å²) in [5.41, 5.74) is 0.965. The van der Waals surface area contributed by atoms with Gasteiger partial charge in [-0.2, -0.15) is 0 Å². The molecule has 3 rings (SSSR count). The number of urea groups is 1. The summed E-state index contributed by atoms with van der Waals surface area (Å²) < 4.78 is 13.0. The van der Waals surface area contributed by atoms with Gasteiger partial charge in [0.25, 0.3) is 0 Å². The summed E-state index contributed by atoms with van der Waals surface area (Å²) in [4.78, 5) is 37.3. The first-order valence-electron chi connectivity index (χ1n) is 8.42. The molecule has 2 fully saturated rings. The van der Waals surface area contributed by atoms with Crippen LogP contribution < -0.4 is 20.9 Å². The lowest BCUT2D eigenvalue weighted by Crippen LogP contribution is -2.52. The number of benzene rings is 1. The van der Waals surface area contributed by atoms with E-state index in [1.807, 2.05) is 0 Å². The highest BCUT2D eigenvalue weighted by molar-refractivity contribution is 5.98. The largest absolute Gasteiger partial charge is 0.371 e. The first-order valence-corrected chi connectivity index (χ1v) is 8.42. The third-order valence-electron chi connectivity index (χ3n) is 4.57. The number of amides is 4. The molecule has 0 aromatic heterocycles. The van der Waals surface area contributed by atoms with Gasteiger partial charge in [-0.3, -0.25) is 14.9 Å². The van der Waals surface area contributed by atoms with E-state index in [2.05, 4.69) is 20.9 Å². The number of anilines is 1. The second-order valence-corrected chi connectivity index (χ2v) is 6.36. The van der Waals surface area contributed by atoms with Crippen molar-refractivity contribution in [3.63, 3.8) is 0 Å². The maximum absolute atomic E-state index is 13.0. The standard InChI is InChI=1S/C17H21FN4O3/c18-11-1-3-13(4-2-11)22-9-7-12(8-10-22)19-16(24)14-5-6-15(23)21-17(25)20-14/h1-4,12,14H,5-10H2,(H,19,24)(H2,20,21,23,25)/t14-/m0/s1. The summed E-state index contributed by atoms with van der Waals surface area (Å²) in [6.45, 7) is 1.52. The number of carbonyl (C=O) groups is 3. The second kappa shape index (κ2) is 7.50. The second-order valence-electron chi connectivity index (χ2n) is 6.36. The third-order valence-corrected chi connectivity index (χ3v) is 4.57. The number of nitrogens with one attached hydrogen (secondary N) is 3. The molecular weight excluding hydrogens is 327 g/mol. The van der Waals surface area contributed by atoms with Gasteiger partial charge in [-0.15, -0.1) is 0 Å². The fourth-order valence-corrected chi connectivity index (χ4v) is 3.16. The Balaban J connectivity index is 1.50. The summed E-state index contributed by atoms with van der Waals surface area (Å²) in [7, 11) is 0. The molecule has 0 spiro atoms. The molecule has 1 aromatic rings. The Hall–Kier alpha value is -2.64. The van der Waals surface area contributed by atoms with Gasteiger partial charge in [0.05, 0.1) is 0 Å². The SMILES string of the molecule is O=C1CC[C@@H](C(=O)NC2CCN(c3ccc(F)cc3)CC2)NC(=O)N1. The zero-order chi connectivity index (χ0) is 17.8. The number of hydrogen-bond acceptors (Lipinski definition) is 4. The molecule has 2 aliphatic rings. The number of rotatable bonds is 3.